The number of carboxylic acid groups (broad SMARTS) is 2. The van der Waals surface area contributed by atoms with Gasteiger partial charge in [-0.1, -0.05) is 0 Å². The van der Waals surface area contributed by atoms with E-state index >= 15 is 0 Å². The Morgan fingerprint density at radius 3 is 0.692 bits per heavy atom. The first-order valence-electron chi connectivity index (χ1n) is 5.52. The van der Waals surface area contributed by atoms with Crippen LogP contribution in [0.3, 0.4) is 0 Å². The summed E-state index contributed by atoms with van der Waals surface area (Å²) in [6, 6.07) is 0. The number of nitrogen functional groups attached to an aromatic ring is 6. The van der Waals surface area contributed by atoms with E-state index in [4.69, 9.17) is 54.2 Å². The highest BCUT2D eigenvalue weighted by atomic mass is 16.4. The quantitative estimate of drug-likeness (QED) is 0.198. The lowest BCUT2D eigenvalue weighted by Crippen LogP contribution is -2.09. The molecule has 0 amide bonds. The van der Waals surface area contributed by atoms with Crippen LogP contribution in [-0.4, -0.2) is 63.0 Å². The molecule has 18 nitrogen and oxygen atoms in total. The van der Waals surface area contributed by atoms with Gasteiger partial charge < -0.3 is 55.6 Å². The second-order valence-electron chi connectivity index (χ2n) is 3.43. The largest absolute Gasteiger partial charge is 0.473 e. The van der Waals surface area contributed by atoms with Gasteiger partial charge in [0.1, 0.15) is 0 Å². The molecule has 2 aromatic heterocycles. The van der Waals surface area contributed by atoms with Gasteiger partial charge in [0.15, 0.2) is 0 Å². The molecular weight excluding hydrogens is 360 g/mol. The van der Waals surface area contributed by atoms with Crippen LogP contribution in [0.5, 0.6) is 0 Å². The van der Waals surface area contributed by atoms with E-state index < -0.39 is 11.9 Å². The molecule has 0 saturated carbocycles. The number of nitrogens with two attached hydrogens (primary N) is 6. The fourth-order valence-electron chi connectivity index (χ4n) is 0.854. The monoisotopic (exact) mass is 378 g/mol. The molecule has 2 rings (SSSR count). The number of anilines is 6. The lowest BCUT2D eigenvalue weighted by molar-refractivity contribution is -0.159. The van der Waals surface area contributed by atoms with Crippen LogP contribution in [0.4, 0.5) is 35.7 Å². The molecule has 146 valence electrons. The van der Waals surface area contributed by atoms with Gasteiger partial charge in [0.25, 0.3) is 0 Å². The van der Waals surface area contributed by atoms with Gasteiger partial charge in [-0.15, -0.1) is 0 Å². The summed E-state index contributed by atoms with van der Waals surface area (Å²) in [5, 5.41) is 14.8. The standard InChI is InChI=1S/2C3H6N6.C2H2O4.2H2O/c2*4-1-7-2(5)9-3(6)8-1;3-1(4)2(5)6;;/h2*(H6,4,5,6,7,8,9);(H,3,4)(H,5,6);2*1H2. The minimum Gasteiger partial charge on any atom is -0.473 e. The Kier molecular flexibility index (Phi) is 12.4. The van der Waals surface area contributed by atoms with Crippen molar-refractivity contribution >= 4 is 47.6 Å². The molecule has 0 saturated heterocycles. The van der Waals surface area contributed by atoms with E-state index in [0.29, 0.717) is 0 Å². The third-order valence-corrected chi connectivity index (χ3v) is 1.56. The van der Waals surface area contributed by atoms with E-state index in [1.54, 1.807) is 0 Å². The Hall–Kier alpha value is -4.32. The molecule has 2 heterocycles. The lowest BCUT2D eigenvalue weighted by Gasteiger charge is -1.93. The van der Waals surface area contributed by atoms with Crippen LogP contribution in [0.25, 0.3) is 0 Å². The molecule has 0 aromatic carbocycles. The highest BCUT2D eigenvalue weighted by Gasteiger charge is 2.04. The van der Waals surface area contributed by atoms with E-state index in [0.717, 1.165) is 0 Å². The Bertz CT molecular complexity index is 564. The first kappa shape index (κ1) is 26.6. The van der Waals surface area contributed by atoms with Gasteiger partial charge in [-0.05, 0) is 0 Å². The van der Waals surface area contributed by atoms with Crippen LogP contribution >= 0.6 is 0 Å². The minimum absolute atomic E-state index is 0. The van der Waals surface area contributed by atoms with Crippen molar-refractivity contribution in [2.45, 2.75) is 0 Å². The predicted octanol–water partition coefficient (Wildman–Crippen LogP) is -5.26. The summed E-state index contributed by atoms with van der Waals surface area (Å²) < 4.78 is 0. The molecule has 0 spiro atoms. The zero-order valence-corrected chi connectivity index (χ0v) is 12.9. The summed E-state index contributed by atoms with van der Waals surface area (Å²) in [5.74, 6) is -3.40. The number of aromatic nitrogens is 6. The summed E-state index contributed by atoms with van der Waals surface area (Å²) in [5.41, 5.74) is 30.8. The van der Waals surface area contributed by atoms with Crippen LogP contribution in [0.1, 0.15) is 0 Å². The van der Waals surface area contributed by atoms with Gasteiger partial charge >= 0.3 is 11.9 Å². The molecule has 0 unspecified atom stereocenters. The van der Waals surface area contributed by atoms with Crippen molar-refractivity contribution in [3.8, 4) is 0 Å². The Balaban J connectivity index is -0.000000301. The summed E-state index contributed by atoms with van der Waals surface area (Å²) >= 11 is 0. The number of carbonyl (C=O) groups is 2. The van der Waals surface area contributed by atoms with Gasteiger partial charge in [0.2, 0.25) is 35.7 Å². The molecule has 0 aliphatic rings. The fraction of sp³-hybridized carbons (Fsp3) is 0. The average molecular weight is 378 g/mol. The molecule has 0 atom stereocenters. The third-order valence-electron chi connectivity index (χ3n) is 1.56. The zero-order valence-electron chi connectivity index (χ0n) is 12.9. The van der Waals surface area contributed by atoms with Crippen molar-refractivity contribution in [2.24, 2.45) is 0 Å². The maximum Gasteiger partial charge on any atom is 0.414 e. The number of carboxylic acids is 2. The number of hydrogen-bond acceptors (Lipinski definition) is 14. The van der Waals surface area contributed by atoms with Gasteiger partial charge in [-0.3, -0.25) is 0 Å². The van der Waals surface area contributed by atoms with E-state index in [1.807, 2.05) is 0 Å². The Morgan fingerprint density at radius 2 is 0.615 bits per heavy atom. The second-order valence-corrected chi connectivity index (χ2v) is 3.43. The number of rotatable bonds is 0. The molecule has 18 N–H and O–H groups in total. The number of nitrogens with zero attached hydrogens (tertiary/aromatic N) is 6. The van der Waals surface area contributed by atoms with Gasteiger partial charge in [0.05, 0.1) is 0 Å². The molecule has 0 bridgehead atoms. The van der Waals surface area contributed by atoms with Crippen molar-refractivity contribution in [2.75, 3.05) is 34.4 Å². The average Bonchev–Trinajstić information content (AvgIpc) is 2.36. The third kappa shape index (κ3) is 12.2. The SMILES string of the molecule is Nc1nc(N)nc(N)n1.Nc1nc(N)nc(N)n1.O.O.O=C(O)C(=O)O. The zero-order chi connectivity index (χ0) is 18.9. The first-order valence-corrected chi connectivity index (χ1v) is 5.52. The van der Waals surface area contributed by atoms with Crippen molar-refractivity contribution in [3.05, 3.63) is 0 Å². The molecule has 0 aliphatic heterocycles. The Labute approximate surface area is 143 Å². The summed E-state index contributed by atoms with van der Waals surface area (Å²) in [6.07, 6.45) is 0. The fourth-order valence-corrected chi connectivity index (χ4v) is 0.854. The topological polar surface area (TPSA) is 371 Å². The Morgan fingerprint density at radius 1 is 0.500 bits per heavy atom. The molecule has 18 heteroatoms. The lowest BCUT2D eigenvalue weighted by atomic mass is 10.7. The molecule has 26 heavy (non-hydrogen) atoms. The van der Waals surface area contributed by atoms with Crippen LogP contribution in [0, 0.1) is 0 Å². The normalized spacial score (nSPS) is 8.15. The van der Waals surface area contributed by atoms with Gasteiger partial charge in [-0.25, -0.2) is 9.59 Å². The minimum atomic E-state index is -1.82. The van der Waals surface area contributed by atoms with Crippen LogP contribution in [0.2, 0.25) is 0 Å². The summed E-state index contributed by atoms with van der Waals surface area (Å²) in [4.78, 5) is 39.1. The van der Waals surface area contributed by atoms with Crippen LogP contribution < -0.4 is 34.4 Å². The van der Waals surface area contributed by atoms with Crippen molar-refractivity contribution < 1.29 is 30.8 Å². The molecular formula is C8H18N12O6. The highest BCUT2D eigenvalue weighted by Crippen LogP contribution is 1.98. The first-order chi connectivity index (χ1) is 11.0. The smallest absolute Gasteiger partial charge is 0.414 e. The second kappa shape index (κ2) is 12.1. The summed E-state index contributed by atoms with van der Waals surface area (Å²) in [6.45, 7) is 0. The van der Waals surface area contributed by atoms with E-state index in [1.165, 1.54) is 0 Å². The molecule has 0 fully saturated rings. The van der Waals surface area contributed by atoms with Crippen molar-refractivity contribution in [1.29, 1.82) is 0 Å². The van der Waals surface area contributed by atoms with E-state index in [-0.39, 0.29) is 46.6 Å². The maximum absolute atomic E-state index is 9.10. The van der Waals surface area contributed by atoms with E-state index in [2.05, 4.69) is 29.9 Å². The number of hydrogen-bond donors (Lipinski definition) is 8. The molecule has 0 radical (unpaired) electrons. The van der Waals surface area contributed by atoms with Crippen LogP contribution in [0.15, 0.2) is 0 Å². The van der Waals surface area contributed by atoms with Crippen molar-refractivity contribution in [3.63, 3.8) is 0 Å². The highest BCUT2D eigenvalue weighted by molar-refractivity contribution is 6.27. The number of aliphatic carboxylic acids is 2. The predicted molar refractivity (Wildman–Crippen MR) is 88.6 cm³/mol. The maximum atomic E-state index is 9.10. The molecule has 2 aromatic rings. The van der Waals surface area contributed by atoms with E-state index in [9.17, 15) is 0 Å². The van der Waals surface area contributed by atoms with Crippen LogP contribution in [-0.2, 0) is 9.59 Å². The summed E-state index contributed by atoms with van der Waals surface area (Å²) in [7, 11) is 0. The van der Waals surface area contributed by atoms with Crippen molar-refractivity contribution in [1.82, 2.24) is 29.9 Å². The van der Waals surface area contributed by atoms with Gasteiger partial charge in [0, 0.05) is 0 Å². The van der Waals surface area contributed by atoms with Gasteiger partial charge in [-0.2, -0.15) is 29.9 Å². The molecule has 0 aliphatic carbocycles.